The number of hydrogen-bond acceptors (Lipinski definition) is 3. The number of rotatable bonds is 7. The first-order valence-electron chi connectivity index (χ1n) is 6.94. The van der Waals surface area contributed by atoms with E-state index in [2.05, 4.69) is 11.4 Å². The highest BCUT2D eigenvalue weighted by Gasteiger charge is 2.08. The summed E-state index contributed by atoms with van der Waals surface area (Å²) < 4.78 is 0. The van der Waals surface area contributed by atoms with Crippen molar-refractivity contribution >= 4 is 22.9 Å². The van der Waals surface area contributed by atoms with E-state index in [1.54, 1.807) is 11.3 Å². The molecular weight excluding hydrogens is 268 g/mol. The van der Waals surface area contributed by atoms with Crippen LogP contribution in [0.2, 0.25) is 0 Å². The molecule has 0 aliphatic rings. The second-order valence-electron chi connectivity index (χ2n) is 4.67. The molecule has 0 bridgehead atoms. The van der Waals surface area contributed by atoms with E-state index in [4.69, 9.17) is 5.73 Å². The Morgan fingerprint density at radius 3 is 2.70 bits per heavy atom. The molecule has 0 fully saturated rings. The molecule has 0 saturated carbocycles. The highest BCUT2D eigenvalue weighted by atomic mass is 32.1. The van der Waals surface area contributed by atoms with Gasteiger partial charge in [-0.2, -0.15) is 0 Å². The molecule has 0 radical (unpaired) electrons. The maximum absolute atomic E-state index is 12.0. The zero-order chi connectivity index (χ0) is 14.2. The van der Waals surface area contributed by atoms with Gasteiger partial charge in [-0.05, 0) is 36.9 Å². The van der Waals surface area contributed by atoms with Gasteiger partial charge in [0.2, 0.25) is 5.91 Å². The number of thiophene rings is 1. The number of carbonyl (C=O) groups is 1. The van der Waals surface area contributed by atoms with E-state index in [9.17, 15) is 4.79 Å². The van der Waals surface area contributed by atoms with Crippen molar-refractivity contribution in [1.82, 2.24) is 0 Å². The van der Waals surface area contributed by atoms with Crippen molar-refractivity contribution in [3.8, 4) is 10.4 Å². The number of nitrogens with two attached hydrogens (primary N) is 1. The molecule has 0 atom stereocenters. The van der Waals surface area contributed by atoms with Crippen molar-refractivity contribution in [3.05, 3.63) is 41.8 Å². The Bertz CT molecular complexity index is 537. The van der Waals surface area contributed by atoms with E-state index >= 15 is 0 Å². The first-order valence-corrected chi connectivity index (χ1v) is 7.82. The molecule has 1 aromatic heterocycles. The normalized spacial score (nSPS) is 10.4. The van der Waals surface area contributed by atoms with Crippen LogP contribution in [0.25, 0.3) is 10.4 Å². The van der Waals surface area contributed by atoms with Crippen LogP contribution in [0.3, 0.4) is 0 Å². The van der Waals surface area contributed by atoms with Crippen molar-refractivity contribution in [3.63, 3.8) is 0 Å². The quantitative estimate of drug-likeness (QED) is 0.760. The SMILES string of the molecule is NCCCCCC(=O)Nc1ccccc1-c1cccs1. The van der Waals surface area contributed by atoms with Gasteiger partial charge in [-0.3, -0.25) is 4.79 Å². The predicted molar refractivity (Wildman–Crippen MR) is 85.9 cm³/mol. The van der Waals surface area contributed by atoms with Gasteiger partial charge >= 0.3 is 0 Å². The van der Waals surface area contributed by atoms with Gasteiger partial charge in [-0.1, -0.05) is 30.7 Å². The van der Waals surface area contributed by atoms with Crippen LogP contribution >= 0.6 is 11.3 Å². The van der Waals surface area contributed by atoms with Gasteiger partial charge in [0.1, 0.15) is 0 Å². The van der Waals surface area contributed by atoms with E-state index in [0.717, 1.165) is 30.5 Å². The third-order valence-electron chi connectivity index (χ3n) is 3.10. The molecule has 3 nitrogen and oxygen atoms in total. The third kappa shape index (κ3) is 4.18. The second-order valence-corrected chi connectivity index (χ2v) is 5.62. The molecule has 3 N–H and O–H groups in total. The largest absolute Gasteiger partial charge is 0.330 e. The number of nitrogens with one attached hydrogen (secondary N) is 1. The summed E-state index contributed by atoms with van der Waals surface area (Å²) in [4.78, 5) is 13.1. The van der Waals surface area contributed by atoms with Gasteiger partial charge in [-0.25, -0.2) is 0 Å². The van der Waals surface area contributed by atoms with Gasteiger partial charge in [0.15, 0.2) is 0 Å². The Hall–Kier alpha value is -1.65. The zero-order valence-electron chi connectivity index (χ0n) is 11.5. The lowest BCUT2D eigenvalue weighted by Gasteiger charge is -2.09. The van der Waals surface area contributed by atoms with Crippen molar-refractivity contribution in [1.29, 1.82) is 0 Å². The van der Waals surface area contributed by atoms with Crippen LogP contribution in [0.1, 0.15) is 25.7 Å². The van der Waals surface area contributed by atoms with E-state index < -0.39 is 0 Å². The Labute approximate surface area is 123 Å². The number of amides is 1. The molecule has 0 unspecified atom stereocenters. The number of anilines is 1. The summed E-state index contributed by atoms with van der Waals surface area (Å²) in [5.74, 6) is 0.0750. The maximum Gasteiger partial charge on any atom is 0.224 e. The maximum atomic E-state index is 12.0. The minimum absolute atomic E-state index is 0.0750. The third-order valence-corrected chi connectivity index (χ3v) is 4.00. The average Bonchev–Trinajstić information content (AvgIpc) is 2.98. The van der Waals surface area contributed by atoms with Crippen LogP contribution < -0.4 is 11.1 Å². The number of unbranched alkanes of at least 4 members (excludes halogenated alkanes) is 2. The minimum Gasteiger partial charge on any atom is -0.330 e. The van der Waals surface area contributed by atoms with Crippen LogP contribution in [0.4, 0.5) is 5.69 Å². The van der Waals surface area contributed by atoms with Crippen LogP contribution in [0.15, 0.2) is 41.8 Å². The molecule has 4 heteroatoms. The van der Waals surface area contributed by atoms with Crippen molar-refractivity contribution in [2.45, 2.75) is 25.7 Å². The number of hydrogen-bond donors (Lipinski definition) is 2. The fourth-order valence-electron chi connectivity index (χ4n) is 2.06. The fourth-order valence-corrected chi connectivity index (χ4v) is 2.82. The number of carbonyl (C=O) groups excluding carboxylic acids is 1. The molecule has 2 aromatic rings. The summed E-state index contributed by atoms with van der Waals surface area (Å²) in [6.07, 6.45) is 3.44. The average molecular weight is 288 g/mol. The molecule has 1 aromatic carbocycles. The lowest BCUT2D eigenvalue weighted by Crippen LogP contribution is -2.12. The fraction of sp³-hybridized carbons (Fsp3) is 0.312. The highest BCUT2D eigenvalue weighted by molar-refractivity contribution is 7.13. The van der Waals surface area contributed by atoms with Crippen LogP contribution in [-0.4, -0.2) is 12.5 Å². The summed E-state index contributed by atoms with van der Waals surface area (Å²) in [6, 6.07) is 12.0. The van der Waals surface area contributed by atoms with Gasteiger partial charge in [0.05, 0.1) is 0 Å². The summed E-state index contributed by atoms with van der Waals surface area (Å²) in [5.41, 5.74) is 7.41. The summed E-state index contributed by atoms with van der Waals surface area (Å²) in [5, 5.41) is 5.05. The van der Waals surface area contributed by atoms with Crippen LogP contribution in [0, 0.1) is 0 Å². The first kappa shape index (κ1) is 14.8. The Morgan fingerprint density at radius 1 is 1.10 bits per heavy atom. The lowest BCUT2D eigenvalue weighted by atomic mass is 10.1. The van der Waals surface area contributed by atoms with E-state index in [-0.39, 0.29) is 5.91 Å². The molecule has 0 saturated heterocycles. The van der Waals surface area contributed by atoms with Crippen molar-refractivity contribution in [2.75, 3.05) is 11.9 Å². The van der Waals surface area contributed by atoms with Crippen LogP contribution in [0.5, 0.6) is 0 Å². The monoisotopic (exact) mass is 288 g/mol. The molecule has 2 rings (SSSR count). The second kappa shape index (κ2) is 7.82. The van der Waals surface area contributed by atoms with E-state index in [1.165, 1.54) is 4.88 Å². The Kier molecular flexibility index (Phi) is 5.77. The summed E-state index contributed by atoms with van der Waals surface area (Å²) >= 11 is 1.68. The Balaban J connectivity index is 1.97. The highest BCUT2D eigenvalue weighted by Crippen LogP contribution is 2.31. The van der Waals surface area contributed by atoms with E-state index in [1.807, 2.05) is 35.7 Å². The molecule has 0 spiro atoms. The molecule has 1 amide bonds. The summed E-state index contributed by atoms with van der Waals surface area (Å²) in [7, 11) is 0. The summed E-state index contributed by atoms with van der Waals surface area (Å²) in [6.45, 7) is 0.697. The lowest BCUT2D eigenvalue weighted by molar-refractivity contribution is -0.116. The Morgan fingerprint density at radius 2 is 1.95 bits per heavy atom. The van der Waals surface area contributed by atoms with Gasteiger partial charge in [0, 0.05) is 22.5 Å². The van der Waals surface area contributed by atoms with Crippen molar-refractivity contribution in [2.24, 2.45) is 5.73 Å². The number of para-hydroxylation sites is 1. The smallest absolute Gasteiger partial charge is 0.224 e. The number of benzene rings is 1. The molecule has 106 valence electrons. The van der Waals surface area contributed by atoms with Crippen molar-refractivity contribution < 1.29 is 4.79 Å². The standard InChI is InChI=1S/C16H20N2OS/c17-11-5-1-2-10-16(19)18-14-8-4-3-7-13(14)15-9-6-12-20-15/h3-4,6-9,12H,1-2,5,10-11,17H2,(H,18,19). The molecule has 20 heavy (non-hydrogen) atoms. The first-order chi connectivity index (χ1) is 9.81. The van der Waals surface area contributed by atoms with Gasteiger partial charge in [0.25, 0.3) is 0 Å². The minimum atomic E-state index is 0.0750. The van der Waals surface area contributed by atoms with Gasteiger partial charge in [-0.15, -0.1) is 11.3 Å². The predicted octanol–water partition coefficient (Wildman–Crippen LogP) is 3.87. The molecule has 0 aliphatic heterocycles. The topological polar surface area (TPSA) is 55.1 Å². The zero-order valence-corrected chi connectivity index (χ0v) is 12.3. The molecule has 0 aliphatic carbocycles. The molecule has 1 heterocycles. The van der Waals surface area contributed by atoms with Gasteiger partial charge < -0.3 is 11.1 Å². The van der Waals surface area contributed by atoms with Crippen LogP contribution in [-0.2, 0) is 4.79 Å². The van der Waals surface area contributed by atoms with E-state index in [0.29, 0.717) is 13.0 Å². The molecular formula is C16H20N2OS.